The van der Waals surface area contributed by atoms with Crippen LogP contribution in [0.3, 0.4) is 0 Å². The average molecular weight is 182 g/mol. The lowest BCUT2D eigenvalue weighted by Crippen LogP contribution is -2.15. The molecule has 0 unspecified atom stereocenters. The van der Waals surface area contributed by atoms with Gasteiger partial charge in [0.1, 0.15) is 6.17 Å². The summed E-state index contributed by atoms with van der Waals surface area (Å²) in [6, 6.07) is 0. The summed E-state index contributed by atoms with van der Waals surface area (Å²) in [7, 11) is 0. The van der Waals surface area contributed by atoms with Gasteiger partial charge in [0.25, 0.3) is 0 Å². The van der Waals surface area contributed by atoms with Crippen LogP contribution >= 0.6 is 0 Å². The van der Waals surface area contributed by atoms with Crippen molar-refractivity contribution in [3.05, 3.63) is 11.9 Å². The molecule has 0 N–H and O–H groups in total. The van der Waals surface area contributed by atoms with E-state index in [-0.39, 0.29) is 25.7 Å². The third-order valence-electron chi connectivity index (χ3n) is 2.20. The van der Waals surface area contributed by atoms with Crippen molar-refractivity contribution in [1.82, 2.24) is 0 Å². The highest BCUT2D eigenvalue weighted by molar-refractivity contribution is 4.99. The molecule has 1 aliphatic rings. The first-order valence-corrected chi connectivity index (χ1v) is 3.96. The molecule has 1 saturated carbocycles. The van der Waals surface area contributed by atoms with E-state index in [4.69, 9.17) is 0 Å². The fourth-order valence-corrected chi connectivity index (χ4v) is 1.46. The minimum atomic E-state index is -2.25. The summed E-state index contributed by atoms with van der Waals surface area (Å²) in [6.45, 7) is 0. The second kappa shape index (κ2) is 3.92. The minimum Gasteiger partial charge on any atom is -0.247 e. The molecule has 0 saturated heterocycles. The molecule has 0 aliphatic heterocycles. The summed E-state index contributed by atoms with van der Waals surface area (Å²) in [6.07, 6.45) is -2.39. The van der Waals surface area contributed by atoms with Crippen LogP contribution < -0.4 is 0 Å². The first kappa shape index (κ1) is 9.55. The summed E-state index contributed by atoms with van der Waals surface area (Å²) in [5, 5.41) is 0. The highest BCUT2D eigenvalue weighted by atomic mass is 19.3. The molecule has 0 radical (unpaired) electrons. The molecule has 12 heavy (non-hydrogen) atoms. The van der Waals surface area contributed by atoms with Crippen LogP contribution in [0.1, 0.15) is 25.7 Å². The van der Waals surface area contributed by atoms with Crippen LogP contribution in [0.25, 0.3) is 0 Å². The lowest BCUT2D eigenvalue weighted by molar-refractivity contribution is 0.200. The van der Waals surface area contributed by atoms with E-state index in [1.165, 1.54) is 0 Å². The highest BCUT2D eigenvalue weighted by Gasteiger charge is 2.26. The van der Waals surface area contributed by atoms with Crippen molar-refractivity contribution in [3.63, 3.8) is 0 Å². The predicted molar refractivity (Wildman–Crippen MR) is 37.2 cm³/mol. The van der Waals surface area contributed by atoms with E-state index >= 15 is 0 Å². The van der Waals surface area contributed by atoms with E-state index < -0.39 is 24.0 Å². The van der Waals surface area contributed by atoms with Crippen LogP contribution in [0.5, 0.6) is 0 Å². The van der Waals surface area contributed by atoms with Gasteiger partial charge in [0, 0.05) is 5.92 Å². The number of rotatable bonds is 1. The van der Waals surface area contributed by atoms with Crippen LogP contribution in [-0.2, 0) is 0 Å². The lowest BCUT2D eigenvalue weighted by atomic mass is 9.87. The van der Waals surface area contributed by atoms with Crippen molar-refractivity contribution in [2.75, 3.05) is 0 Å². The van der Waals surface area contributed by atoms with Crippen molar-refractivity contribution < 1.29 is 17.6 Å². The maximum atomic E-state index is 12.5. The Kier molecular flexibility index (Phi) is 3.12. The predicted octanol–water partition coefficient (Wildman–Crippen LogP) is 3.59. The SMILES string of the molecule is FC(F)=C(F)[C@H]1CC[C@H](F)CC1. The van der Waals surface area contributed by atoms with Gasteiger partial charge in [-0.3, -0.25) is 0 Å². The summed E-state index contributed by atoms with van der Waals surface area (Å²) in [5.41, 5.74) is 0. The largest absolute Gasteiger partial charge is 0.301 e. The summed E-state index contributed by atoms with van der Waals surface area (Å²) in [5.74, 6) is -2.09. The minimum absolute atomic E-state index is 0.199. The number of halogens is 4. The van der Waals surface area contributed by atoms with E-state index in [9.17, 15) is 17.6 Å². The zero-order valence-corrected chi connectivity index (χ0v) is 6.49. The van der Waals surface area contributed by atoms with Crippen molar-refractivity contribution in [2.45, 2.75) is 31.9 Å². The molecule has 0 aromatic carbocycles. The number of allylic oxidation sites excluding steroid dienone is 1. The third kappa shape index (κ3) is 2.22. The van der Waals surface area contributed by atoms with E-state index in [0.717, 1.165) is 0 Å². The molecule has 0 atom stereocenters. The number of hydrogen-bond donors (Lipinski definition) is 0. The van der Waals surface area contributed by atoms with Gasteiger partial charge in [0.2, 0.25) is 0 Å². The highest BCUT2D eigenvalue weighted by Crippen LogP contribution is 2.33. The van der Waals surface area contributed by atoms with Crippen LogP contribution in [0.15, 0.2) is 11.9 Å². The smallest absolute Gasteiger partial charge is 0.247 e. The molecule has 0 heterocycles. The molecule has 4 heteroatoms. The Morgan fingerprint density at radius 2 is 1.42 bits per heavy atom. The Labute approximate surface area is 68.3 Å². The van der Waals surface area contributed by atoms with Crippen LogP contribution in [0.4, 0.5) is 17.6 Å². The van der Waals surface area contributed by atoms with Gasteiger partial charge in [-0.2, -0.15) is 8.78 Å². The van der Waals surface area contributed by atoms with E-state index in [2.05, 4.69) is 0 Å². The quantitative estimate of drug-likeness (QED) is 0.543. The lowest BCUT2D eigenvalue weighted by Gasteiger charge is -2.21. The fourth-order valence-electron chi connectivity index (χ4n) is 1.46. The summed E-state index contributed by atoms with van der Waals surface area (Å²) in [4.78, 5) is 0. The van der Waals surface area contributed by atoms with Crippen molar-refractivity contribution >= 4 is 0 Å². The second-order valence-electron chi connectivity index (χ2n) is 3.06. The van der Waals surface area contributed by atoms with Gasteiger partial charge in [0.15, 0.2) is 5.83 Å². The normalized spacial score (nSPS) is 30.0. The third-order valence-corrected chi connectivity index (χ3v) is 2.20. The molecule has 1 aliphatic carbocycles. The van der Waals surface area contributed by atoms with Gasteiger partial charge in [-0.1, -0.05) is 0 Å². The van der Waals surface area contributed by atoms with Gasteiger partial charge < -0.3 is 0 Å². The molecular formula is C8H10F4. The molecule has 0 bridgehead atoms. The first-order valence-electron chi connectivity index (χ1n) is 3.96. The molecular weight excluding hydrogens is 172 g/mol. The fraction of sp³-hybridized carbons (Fsp3) is 0.750. The second-order valence-corrected chi connectivity index (χ2v) is 3.06. The van der Waals surface area contributed by atoms with Crippen LogP contribution in [0.2, 0.25) is 0 Å². The van der Waals surface area contributed by atoms with Crippen molar-refractivity contribution in [1.29, 1.82) is 0 Å². The Morgan fingerprint density at radius 1 is 0.917 bits per heavy atom. The molecule has 0 aromatic rings. The summed E-state index contributed by atoms with van der Waals surface area (Å²) >= 11 is 0. The molecule has 0 spiro atoms. The van der Waals surface area contributed by atoms with Gasteiger partial charge in [0.05, 0.1) is 0 Å². The number of alkyl halides is 1. The average Bonchev–Trinajstić information content (AvgIpc) is 2.04. The number of hydrogen-bond acceptors (Lipinski definition) is 0. The molecule has 1 fully saturated rings. The zero-order valence-electron chi connectivity index (χ0n) is 6.49. The molecule has 0 aromatic heterocycles. The van der Waals surface area contributed by atoms with Gasteiger partial charge >= 0.3 is 6.08 Å². The van der Waals surface area contributed by atoms with Gasteiger partial charge in [-0.15, -0.1) is 0 Å². The van der Waals surface area contributed by atoms with Crippen LogP contribution in [0, 0.1) is 5.92 Å². The first-order chi connectivity index (χ1) is 5.61. The zero-order chi connectivity index (χ0) is 9.14. The van der Waals surface area contributed by atoms with Gasteiger partial charge in [-0.05, 0) is 25.7 Å². The Balaban J connectivity index is 2.50. The maximum absolute atomic E-state index is 12.5. The van der Waals surface area contributed by atoms with E-state index in [1.54, 1.807) is 0 Å². The molecule has 0 nitrogen and oxygen atoms in total. The molecule has 1 rings (SSSR count). The Bertz CT molecular complexity index is 175. The van der Waals surface area contributed by atoms with Crippen molar-refractivity contribution in [3.8, 4) is 0 Å². The van der Waals surface area contributed by atoms with Crippen molar-refractivity contribution in [2.24, 2.45) is 5.92 Å². The maximum Gasteiger partial charge on any atom is 0.301 e. The van der Waals surface area contributed by atoms with Crippen LogP contribution in [-0.4, -0.2) is 6.17 Å². The Morgan fingerprint density at radius 3 is 1.83 bits per heavy atom. The standard InChI is InChI=1S/C8H10F4/c9-6-3-1-5(2-4-6)7(10)8(11)12/h5-6H,1-4H2/t5-,6-. The Hall–Kier alpha value is -0.540. The van der Waals surface area contributed by atoms with Gasteiger partial charge in [-0.25, -0.2) is 8.78 Å². The van der Waals surface area contributed by atoms with E-state index in [0.29, 0.717) is 0 Å². The molecule has 0 amide bonds. The van der Waals surface area contributed by atoms with E-state index in [1.807, 2.05) is 0 Å². The molecule has 70 valence electrons. The monoisotopic (exact) mass is 182 g/mol. The topological polar surface area (TPSA) is 0 Å². The summed E-state index contributed by atoms with van der Waals surface area (Å²) < 4.78 is 48.5.